The quantitative estimate of drug-likeness (QED) is 0.531. The van der Waals surface area contributed by atoms with Gasteiger partial charge in [0.1, 0.15) is 0 Å². The fraction of sp³-hybridized carbons (Fsp3) is 0.211. The van der Waals surface area contributed by atoms with Crippen LogP contribution in [0.5, 0.6) is 0 Å². The van der Waals surface area contributed by atoms with E-state index in [2.05, 4.69) is 26.5 Å². The number of aromatic nitrogens is 2. The van der Waals surface area contributed by atoms with Crippen molar-refractivity contribution in [2.24, 2.45) is 0 Å². The lowest BCUT2D eigenvalue weighted by Gasteiger charge is -2.08. The highest BCUT2D eigenvalue weighted by Crippen LogP contribution is 2.24. The third-order valence-electron chi connectivity index (χ3n) is 3.84. The number of para-hydroxylation sites is 2. The van der Waals surface area contributed by atoms with Crippen LogP contribution in [0.25, 0.3) is 11.0 Å². The van der Waals surface area contributed by atoms with Gasteiger partial charge in [0, 0.05) is 12.2 Å². The number of methoxy groups -OCH3 is 1. The predicted molar refractivity (Wildman–Crippen MR) is 103 cm³/mol. The number of hydrogen-bond donors (Lipinski definition) is 1. The van der Waals surface area contributed by atoms with Gasteiger partial charge in [-0.25, -0.2) is 9.78 Å². The molecule has 0 saturated carbocycles. The van der Waals surface area contributed by atoms with E-state index in [1.807, 2.05) is 24.3 Å². The number of rotatable bonds is 6. The minimum Gasteiger partial charge on any atom is -0.465 e. The highest BCUT2D eigenvalue weighted by atomic mass is 32.2. The fourth-order valence-electron chi connectivity index (χ4n) is 2.64. The summed E-state index contributed by atoms with van der Waals surface area (Å²) in [7, 11) is 1.32. The third-order valence-corrected chi connectivity index (χ3v) is 4.81. The number of esters is 1. The highest BCUT2D eigenvalue weighted by Gasteiger charge is 2.12. The molecule has 6 nitrogen and oxygen atoms in total. The number of ether oxygens (including phenoxy) is 1. The van der Waals surface area contributed by atoms with Gasteiger partial charge in [0.2, 0.25) is 5.91 Å². The number of amides is 1. The molecule has 0 unspecified atom stereocenters. The number of nitrogens with zero attached hydrogens (tertiary/aromatic N) is 2. The molecule has 2 aromatic carbocycles. The standard InChI is InChI=1S/C19H19N3O3S/c1-3-22-16-10-5-4-9-15(16)21-19(22)26-12-17(23)20-14-8-6-7-13(11-14)18(24)25-2/h4-11H,3,12H2,1-2H3,(H,20,23). The largest absolute Gasteiger partial charge is 0.465 e. The minimum atomic E-state index is -0.438. The number of anilines is 1. The van der Waals surface area contributed by atoms with Crippen molar-refractivity contribution < 1.29 is 14.3 Å². The van der Waals surface area contributed by atoms with Crippen molar-refractivity contribution in [1.29, 1.82) is 0 Å². The number of thioether (sulfide) groups is 1. The van der Waals surface area contributed by atoms with Crippen LogP contribution in [0.1, 0.15) is 17.3 Å². The summed E-state index contributed by atoms with van der Waals surface area (Å²) in [6, 6.07) is 14.6. The van der Waals surface area contributed by atoms with Crippen molar-refractivity contribution in [3.63, 3.8) is 0 Å². The van der Waals surface area contributed by atoms with Gasteiger partial charge in [-0.15, -0.1) is 0 Å². The number of benzene rings is 2. The summed E-state index contributed by atoms with van der Waals surface area (Å²) >= 11 is 1.39. The van der Waals surface area contributed by atoms with Gasteiger partial charge in [-0.2, -0.15) is 0 Å². The Morgan fingerprint density at radius 1 is 1.19 bits per heavy atom. The van der Waals surface area contributed by atoms with E-state index in [9.17, 15) is 9.59 Å². The molecule has 1 N–H and O–H groups in total. The first-order valence-corrected chi connectivity index (χ1v) is 9.17. The Morgan fingerprint density at radius 3 is 2.77 bits per heavy atom. The van der Waals surface area contributed by atoms with Crippen molar-refractivity contribution in [2.75, 3.05) is 18.2 Å². The summed E-state index contributed by atoms with van der Waals surface area (Å²) in [6.45, 7) is 2.84. The van der Waals surface area contributed by atoms with Crippen LogP contribution in [-0.4, -0.2) is 34.3 Å². The second-order valence-electron chi connectivity index (χ2n) is 5.54. The van der Waals surface area contributed by atoms with Crippen LogP contribution in [0.3, 0.4) is 0 Å². The summed E-state index contributed by atoms with van der Waals surface area (Å²) < 4.78 is 6.78. The van der Waals surface area contributed by atoms with Crippen LogP contribution < -0.4 is 5.32 Å². The van der Waals surface area contributed by atoms with E-state index in [1.165, 1.54) is 18.9 Å². The zero-order valence-corrected chi connectivity index (χ0v) is 15.4. The summed E-state index contributed by atoms with van der Waals surface area (Å²) in [5, 5.41) is 3.61. The molecular weight excluding hydrogens is 350 g/mol. The summed E-state index contributed by atoms with van der Waals surface area (Å²) in [6.07, 6.45) is 0. The van der Waals surface area contributed by atoms with Crippen LogP contribution in [0.2, 0.25) is 0 Å². The lowest BCUT2D eigenvalue weighted by molar-refractivity contribution is -0.113. The molecule has 0 radical (unpaired) electrons. The van der Waals surface area contributed by atoms with Crippen molar-refractivity contribution in [3.05, 3.63) is 54.1 Å². The van der Waals surface area contributed by atoms with E-state index in [1.54, 1.807) is 24.3 Å². The molecule has 0 fully saturated rings. The Bertz CT molecular complexity index is 952. The molecule has 0 aliphatic rings. The van der Waals surface area contributed by atoms with Gasteiger partial charge in [0.05, 0.1) is 29.5 Å². The van der Waals surface area contributed by atoms with Crippen molar-refractivity contribution in [1.82, 2.24) is 9.55 Å². The van der Waals surface area contributed by atoms with Gasteiger partial charge < -0.3 is 14.6 Å². The lowest BCUT2D eigenvalue weighted by atomic mass is 10.2. The molecule has 0 saturated heterocycles. The van der Waals surface area contributed by atoms with E-state index in [0.29, 0.717) is 11.3 Å². The van der Waals surface area contributed by atoms with Gasteiger partial charge in [0.25, 0.3) is 0 Å². The topological polar surface area (TPSA) is 73.2 Å². The van der Waals surface area contributed by atoms with E-state index in [4.69, 9.17) is 0 Å². The van der Waals surface area contributed by atoms with E-state index in [0.717, 1.165) is 22.7 Å². The first-order chi connectivity index (χ1) is 12.6. The number of nitrogens with one attached hydrogen (secondary N) is 1. The first-order valence-electron chi connectivity index (χ1n) is 8.18. The molecule has 0 spiro atoms. The second kappa shape index (κ2) is 8.05. The maximum atomic E-state index is 12.3. The Labute approximate surface area is 155 Å². The first kappa shape index (κ1) is 18.0. The molecule has 3 aromatic rings. The highest BCUT2D eigenvalue weighted by molar-refractivity contribution is 7.99. The molecular formula is C19H19N3O3S. The van der Waals surface area contributed by atoms with E-state index >= 15 is 0 Å². The number of carbonyl (C=O) groups excluding carboxylic acids is 2. The van der Waals surface area contributed by atoms with Gasteiger partial charge >= 0.3 is 5.97 Å². The third kappa shape index (κ3) is 3.88. The molecule has 3 rings (SSSR count). The Kier molecular flexibility index (Phi) is 5.58. The predicted octanol–water partition coefficient (Wildman–Crippen LogP) is 3.57. The molecule has 0 atom stereocenters. The SMILES string of the molecule is CCn1c(SCC(=O)Nc2cccc(C(=O)OC)c2)nc2ccccc21. The Morgan fingerprint density at radius 2 is 2.00 bits per heavy atom. The Balaban J connectivity index is 1.67. The molecule has 0 aliphatic heterocycles. The van der Waals surface area contributed by atoms with Crippen LogP contribution >= 0.6 is 11.8 Å². The van der Waals surface area contributed by atoms with Gasteiger partial charge in [-0.05, 0) is 37.3 Å². The van der Waals surface area contributed by atoms with Crippen molar-refractivity contribution in [3.8, 4) is 0 Å². The fourth-order valence-corrected chi connectivity index (χ4v) is 3.52. The zero-order valence-electron chi connectivity index (χ0n) is 14.6. The van der Waals surface area contributed by atoms with Crippen LogP contribution in [0, 0.1) is 0 Å². The molecule has 1 amide bonds. The number of carbonyl (C=O) groups is 2. The monoisotopic (exact) mass is 369 g/mol. The normalized spacial score (nSPS) is 10.7. The van der Waals surface area contributed by atoms with E-state index < -0.39 is 5.97 Å². The number of imidazole rings is 1. The van der Waals surface area contributed by atoms with Gasteiger partial charge in [-0.3, -0.25) is 4.79 Å². The average Bonchev–Trinajstić information content (AvgIpc) is 3.03. The smallest absolute Gasteiger partial charge is 0.337 e. The molecule has 26 heavy (non-hydrogen) atoms. The van der Waals surface area contributed by atoms with Crippen LogP contribution in [0.15, 0.2) is 53.7 Å². The molecule has 1 aromatic heterocycles. The maximum absolute atomic E-state index is 12.3. The minimum absolute atomic E-state index is 0.160. The lowest BCUT2D eigenvalue weighted by Crippen LogP contribution is -2.15. The maximum Gasteiger partial charge on any atom is 0.337 e. The van der Waals surface area contributed by atoms with Gasteiger partial charge in [-0.1, -0.05) is 30.0 Å². The summed E-state index contributed by atoms with van der Waals surface area (Å²) in [5.41, 5.74) is 2.93. The summed E-state index contributed by atoms with van der Waals surface area (Å²) in [5.74, 6) is -0.370. The van der Waals surface area contributed by atoms with E-state index in [-0.39, 0.29) is 11.7 Å². The number of aryl methyl sites for hydroxylation is 1. The molecule has 134 valence electrons. The number of hydrogen-bond acceptors (Lipinski definition) is 5. The average molecular weight is 369 g/mol. The second-order valence-corrected chi connectivity index (χ2v) is 6.48. The van der Waals surface area contributed by atoms with Crippen LogP contribution in [-0.2, 0) is 16.1 Å². The zero-order chi connectivity index (χ0) is 18.5. The van der Waals surface area contributed by atoms with Crippen molar-refractivity contribution in [2.45, 2.75) is 18.6 Å². The van der Waals surface area contributed by atoms with Gasteiger partial charge in [0.15, 0.2) is 5.16 Å². The molecule has 1 heterocycles. The number of fused-ring (bicyclic) bond motifs is 1. The van der Waals surface area contributed by atoms with Crippen molar-refractivity contribution >= 4 is 40.4 Å². The molecule has 7 heteroatoms. The molecule has 0 bridgehead atoms. The Hall–Kier alpha value is -2.80. The summed E-state index contributed by atoms with van der Waals surface area (Å²) in [4.78, 5) is 28.4. The molecule has 0 aliphatic carbocycles. The van der Waals surface area contributed by atoms with Crippen LogP contribution in [0.4, 0.5) is 5.69 Å².